The van der Waals surface area contributed by atoms with E-state index >= 15 is 0 Å². The van der Waals surface area contributed by atoms with E-state index in [-0.39, 0.29) is 6.04 Å². The summed E-state index contributed by atoms with van der Waals surface area (Å²) < 4.78 is 39.2. The normalized spacial score (nSPS) is 24.5. The molecule has 2 unspecified atom stereocenters. The van der Waals surface area contributed by atoms with Crippen molar-refractivity contribution in [2.24, 2.45) is 5.92 Å². The van der Waals surface area contributed by atoms with Crippen LogP contribution in [0.25, 0.3) is 0 Å². The van der Waals surface area contributed by atoms with Crippen LogP contribution < -0.4 is 5.32 Å². The summed E-state index contributed by atoms with van der Waals surface area (Å²) in [5, 5.41) is 3.47. The first-order valence-corrected chi connectivity index (χ1v) is 7.41. The minimum atomic E-state index is -4.29. The maximum atomic E-state index is 13.1. The van der Waals surface area contributed by atoms with Crippen molar-refractivity contribution in [3.63, 3.8) is 0 Å². The highest BCUT2D eigenvalue weighted by atomic mass is 19.4. The highest BCUT2D eigenvalue weighted by molar-refractivity contribution is 5.29. The average Bonchev–Trinajstić information content (AvgIpc) is 2.40. The Balaban J connectivity index is 2.17. The smallest absolute Gasteiger partial charge is 0.311 e. The number of nitrogens with one attached hydrogen (secondary N) is 1. The van der Waals surface area contributed by atoms with Crippen LogP contribution in [0.15, 0.2) is 24.3 Å². The Kier molecular flexibility index (Phi) is 4.94. The number of alkyl halides is 3. The zero-order valence-corrected chi connectivity index (χ0v) is 12.7. The molecule has 2 nitrogen and oxygen atoms in total. The summed E-state index contributed by atoms with van der Waals surface area (Å²) in [4.78, 5) is 2.14. The standard InChI is InChI=1S/C16H23F3N2/c1-11(2)15-10-21(12(3)8-20-15)9-13-6-4-5-7-14(13)16(17,18)19/h4-7,11-12,15,20H,8-10H2,1-3H3. The summed E-state index contributed by atoms with van der Waals surface area (Å²) in [5.41, 5.74) is -0.155. The molecule has 118 valence electrons. The van der Waals surface area contributed by atoms with Gasteiger partial charge in [-0.1, -0.05) is 32.0 Å². The lowest BCUT2D eigenvalue weighted by molar-refractivity contribution is -0.138. The van der Waals surface area contributed by atoms with Gasteiger partial charge in [-0.25, -0.2) is 0 Å². The fraction of sp³-hybridized carbons (Fsp3) is 0.625. The molecule has 1 heterocycles. The second-order valence-corrected chi connectivity index (χ2v) is 6.19. The third-order valence-electron chi connectivity index (χ3n) is 4.23. The molecule has 1 saturated heterocycles. The van der Waals surface area contributed by atoms with Crippen molar-refractivity contribution in [2.45, 2.75) is 45.6 Å². The molecule has 2 rings (SSSR count). The Morgan fingerprint density at radius 3 is 2.57 bits per heavy atom. The monoisotopic (exact) mass is 300 g/mol. The zero-order valence-electron chi connectivity index (χ0n) is 12.7. The maximum absolute atomic E-state index is 13.1. The molecule has 5 heteroatoms. The number of piperazine rings is 1. The van der Waals surface area contributed by atoms with Crippen LogP contribution in [0, 0.1) is 5.92 Å². The van der Waals surface area contributed by atoms with E-state index in [1.54, 1.807) is 12.1 Å². The lowest BCUT2D eigenvalue weighted by Gasteiger charge is -2.40. The highest BCUT2D eigenvalue weighted by Crippen LogP contribution is 2.32. The Labute approximate surface area is 124 Å². The third-order valence-corrected chi connectivity index (χ3v) is 4.23. The summed E-state index contributed by atoms with van der Waals surface area (Å²) >= 11 is 0. The number of nitrogens with zero attached hydrogens (tertiary/aromatic N) is 1. The molecule has 0 aliphatic carbocycles. The van der Waals surface area contributed by atoms with E-state index in [4.69, 9.17) is 0 Å². The van der Waals surface area contributed by atoms with Gasteiger partial charge in [0.15, 0.2) is 0 Å². The summed E-state index contributed by atoms with van der Waals surface area (Å²) in [6, 6.07) is 6.45. The van der Waals surface area contributed by atoms with Crippen LogP contribution in [0.2, 0.25) is 0 Å². The van der Waals surface area contributed by atoms with E-state index in [1.807, 2.05) is 0 Å². The van der Waals surface area contributed by atoms with E-state index in [0.29, 0.717) is 24.1 Å². The summed E-state index contributed by atoms with van der Waals surface area (Å²) in [7, 11) is 0. The molecule has 1 aromatic rings. The Hall–Kier alpha value is -1.07. The molecule has 0 bridgehead atoms. The van der Waals surface area contributed by atoms with Crippen molar-refractivity contribution in [2.75, 3.05) is 13.1 Å². The largest absolute Gasteiger partial charge is 0.416 e. The maximum Gasteiger partial charge on any atom is 0.416 e. The molecule has 1 aliphatic heterocycles. The van der Waals surface area contributed by atoms with Gasteiger partial charge in [-0.05, 0) is 24.5 Å². The van der Waals surface area contributed by atoms with E-state index in [9.17, 15) is 13.2 Å². The van der Waals surface area contributed by atoms with Crippen LogP contribution in [0.3, 0.4) is 0 Å². The molecule has 0 spiro atoms. The van der Waals surface area contributed by atoms with Crippen molar-refractivity contribution < 1.29 is 13.2 Å². The molecule has 0 saturated carbocycles. The van der Waals surface area contributed by atoms with Gasteiger partial charge in [-0.2, -0.15) is 13.2 Å². The minimum absolute atomic E-state index is 0.237. The Bertz CT molecular complexity index is 471. The van der Waals surface area contributed by atoms with Crippen molar-refractivity contribution in [3.05, 3.63) is 35.4 Å². The van der Waals surface area contributed by atoms with Gasteiger partial charge in [-0.3, -0.25) is 4.90 Å². The zero-order chi connectivity index (χ0) is 15.6. The van der Waals surface area contributed by atoms with Crippen LogP contribution in [-0.2, 0) is 12.7 Å². The van der Waals surface area contributed by atoms with Gasteiger partial charge in [0.05, 0.1) is 5.56 Å². The van der Waals surface area contributed by atoms with E-state index in [1.165, 1.54) is 12.1 Å². The predicted molar refractivity (Wildman–Crippen MR) is 77.9 cm³/mol. The van der Waals surface area contributed by atoms with Crippen LogP contribution >= 0.6 is 0 Å². The third kappa shape index (κ3) is 3.98. The lowest BCUT2D eigenvalue weighted by Crippen LogP contribution is -2.56. The summed E-state index contributed by atoms with van der Waals surface area (Å²) in [5.74, 6) is 0.470. The molecule has 1 aromatic carbocycles. The molecule has 0 amide bonds. The van der Waals surface area contributed by atoms with Gasteiger partial charge in [0.1, 0.15) is 0 Å². The van der Waals surface area contributed by atoms with E-state index < -0.39 is 11.7 Å². The second kappa shape index (κ2) is 6.36. The molecule has 1 fully saturated rings. The molecular formula is C16H23F3N2. The van der Waals surface area contributed by atoms with Gasteiger partial charge < -0.3 is 5.32 Å². The Morgan fingerprint density at radius 2 is 1.95 bits per heavy atom. The van der Waals surface area contributed by atoms with Crippen LogP contribution in [-0.4, -0.2) is 30.1 Å². The minimum Gasteiger partial charge on any atom is -0.311 e. The van der Waals surface area contributed by atoms with Crippen LogP contribution in [0.5, 0.6) is 0 Å². The van der Waals surface area contributed by atoms with Gasteiger partial charge in [0.2, 0.25) is 0 Å². The molecule has 1 N–H and O–H groups in total. The molecule has 0 aromatic heterocycles. The number of halogens is 3. The first kappa shape index (κ1) is 16.3. The van der Waals surface area contributed by atoms with Gasteiger partial charge in [0, 0.05) is 31.7 Å². The van der Waals surface area contributed by atoms with E-state index in [2.05, 4.69) is 31.0 Å². The quantitative estimate of drug-likeness (QED) is 0.919. The highest BCUT2D eigenvalue weighted by Gasteiger charge is 2.34. The van der Waals surface area contributed by atoms with Gasteiger partial charge in [0.25, 0.3) is 0 Å². The molecule has 21 heavy (non-hydrogen) atoms. The second-order valence-electron chi connectivity index (χ2n) is 6.19. The number of benzene rings is 1. The molecule has 2 atom stereocenters. The molecule has 1 aliphatic rings. The first-order valence-electron chi connectivity index (χ1n) is 7.41. The van der Waals surface area contributed by atoms with Crippen molar-refractivity contribution in [1.29, 1.82) is 0 Å². The van der Waals surface area contributed by atoms with Crippen LogP contribution in [0.1, 0.15) is 31.9 Å². The number of rotatable bonds is 3. The van der Waals surface area contributed by atoms with Gasteiger partial charge >= 0.3 is 6.18 Å². The first-order chi connectivity index (χ1) is 9.79. The van der Waals surface area contributed by atoms with Crippen molar-refractivity contribution in [1.82, 2.24) is 10.2 Å². The fourth-order valence-corrected chi connectivity index (χ4v) is 2.77. The molecule has 0 radical (unpaired) electrons. The predicted octanol–water partition coefficient (Wildman–Crippen LogP) is 3.52. The topological polar surface area (TPSA) is 15.3 Å². The summed E-state index contributed by atoms with van der Waals surface area (Å²) in [6.45, 7) is 8.27. The molecular weight excluding hydrogens is 277 g/mol. The van der Waals surface area contributed by atoms with Crippen LogP contribution in [0.4, 0.5) is 13.2 Å². The average molecular weight is 300 g/mol. The number of hydrogen-bond donors (Lipinski definition) is 1. The summed E-state index contributed by atoms with van der Waals surface area (Å²) in [6.07, 6.45) is -4.29. The Morgan fingerprint density at radius 1 is 1.29 bits per heavy atom. The lowest BCUT2D eigenvalue weighted by atomic mass is 9.98. The van der Waals surface area contributed by atoms with Crippen molar-refractivity contribution in [3.8, 4) is 0 Å². The SMILES string of the molecule is CC(C)C1CN(Cc2ccccc2C(F)(F)F)C(C)CN1. The van der Waals surface area contributed by atoms with E-state index in [0.717, 1.165) is 13.1 Å². The fourth-order valence-electron chi connectivity index (χ4n) is 2.77. The van der Waals surface area contributed by atoms with Crippen molar-refractivity contribution >= 4 is 0 Å². The van der Waals surface area contributed by atoms with Gasteiger partial charge in [-0.15, -0.1) is 0 Å². The number of hydrogen-bond acceptors (Lipinski definition) is 2.